The van der Waals surface area contributed by atoms with Gasteiger partial charge >= 0.3 is 0 Å². The molecule has 0 radical (unpaired) electrons. The fraction of sp³-hybridized carbons (Fsp3) is 0.214. The van der Waals surface area contributed by atoms with E-state index in [1.165, 1.54) is 13.2 Å². The van der Waals surface area contributed by atoms with Gasteiger partial charge in [-0.05, 0) is 19.1 Å². The molecule has 0 saturated heterocycles. The predicted molar refractivity (Wildman–Crippen MR) is 86.2 cm³/mol. The largest absolute Gasteiger partial charge is 0.495 e. The summed E-state index contributed by atoms with van der Waals surface area (Å²) in [6.45, 7) is 1.71. The highest BCUT2D eigenvalue weighted by molar-refractivity contribution is 8.00. The number of ether oxygens (including phenoxy) is 1. The number of thioether (sulfide) groups is 1. The Labute approximate surface area is 131 Å². The number of hydrogen-bond acceptors (Lipinski definition) is 6. The molecule has 116 valence electrons. The van der Waals surface area contributed by atoms with E-state index in [4.69, 9.17) is 10.5 Å². The van der Waals surface area contributed by atoms with E-state index in [-0.39, 0.29) is 17.3 Å². The molecular weight excluding hydrogens is 304 g/mol. The quantitative estimate of drug-likeness (QED) is 0.568. The van der Waals surface area contributed by atoms with Gasteiger partial charge in [0.1, 0.15) is 11.6 Å². The van der Waals surface area contributed by atoms with E-state index in [0.29, 0.717) is 16.6 Å². The maximum atomic E-state index is 12.2. The van der Waals surface area contributed by atoms with Crippen molar-refractivity contribution in [1.82, 2.24) is 9.97 Å². The lowest BCUT2D eigenvalue weighted by molar-refractivity contribution is -0.115. The van der Waals surface area contributed by atoms with Crippen molar-refractivity contribution in [3.05, 3.63) is 40.7 Å². The second kappa shape index (κ2) is 6.99. The first-order valence-corrected chi connectivity index (χ1v) is 7.35. The molecule has 0 fully saturated rings. The minimum atomic E-state index is -0.477. The SMILES string of the molecule is COc1ccccc1NC(=O)[C@@H](C)Sc1nc(N)cc(=O)[nH]1. The van der Waals surface area contributed by atoms with Crippen LogP contribution in [0.25, 0.3) is 0 Å². The maximum absolute atomic E-state index is 12.2. The topological polar surface area (TPSA) is 110 Å². The van der Waals surface area contributed by atoms with Crippen LogP contribution in [0.5, 0.6) is 5.75 Å². The molecule has 0 spiro atoms. The average molecular weight is 320 g/mol. The fourth-order valence-corrected chi connectivity index (χ4v) is 2.53. The number of nitrogens with two attached hydrogens (primary N) is 1. The van der Waals surface area contributed by atoms with Gasteiger partial charge in [-0.1, -0.05) is 23.9 Å². The molecule has 22 heavy (non-hydrogen) atoms. The minimum Gasteiger partial charge on any atom is -0.495 e. The van der Waals surface area contributed by atoms with Gasteiger partial charge in [-0.25, -0.2) is 4.98 Å². The van der Waals surface area contributed by atoms with Crippen LogP contribution in [0.4, 0.5) is 11.5 Å². The van der Waals surface area contributed by atoms with Crippen LogP contribution in [0.1, 0.15) is 6.92 Å². The van der Waals surface area contributed by atoms with Crippen molar-refractivity contribution in [3.8, 4) is 5.75 Å². The van der Waals surface area contributed by atoms with Crippen LogP contribution in [0.15, 0.2) is 40.3 Å². The zero-order valence-electron chi connectivity index (χ0n) is 12.1. The molecule has 8 heteroatoms. The van der Waals surface area contributed by atoms with Gasteiger partial charge in [0.25, 0.3) is 5.56 Å². The standard InChI is InChI=1S/C14H16N4O3S/c1-8(22-14-17-11(15)7-12(19)18-14)13(20)16-9-5-3-4-6-10(9)21-2/h3-8H,1-2H3,(H,16,20)(H3,15,17,18,19)/t8-/m1/s1. The molecule has 1 amide bonds. The van der Waals surface area contributed by atoms with Crippen LogP contribution in [0.3, 0.4) is 0 Å². The molecule has 0 unspecified atom stereocenters. The summed E-state index contributed by atoms with van der Waals surface area (Å²) in [6.07, 6.45) is 0. The lowest BCUT2D eigenvalue weighted by atomic mass is 10.3. The van der Waals surface area contributed by atoms with Gasteiger partial charge in [-0.15, -0.1) is 0 Å². The molecule has 0 bridgehead atoms. The van der Waals surface area contributed by atoms with Crippen molar-refractivity contribution in [2.45, 2.75) is 17.3 Å². The van der Waals surface area contributed by atoms with Gasteiger partial charge in [0.05, 0.1) is 18.0 Å². The van der Waals surface area contributed by atoms with Crippen molar-refractivity contribution in [3.63, 3.8) is 0 Å². The summed E-state index contributed by atoms with van der Waals surface area (Å²) in [4.78, 5) is 30.1. The molecule has 2 aromatic rings. The number of nitrogen functional groups attached to an aromatic ring is 1. The highest BCUT2D eigenvalue weighted by Gasteiger charge is 2.17. The Balaban J connectivity index is 2.07. The number of H-pyrrole nitrogens is 1. The second-order valence-electron chi connectivity index (χ2n) is 4.43. The van der Waals surface area contributed by atoms with Crippen LogP contribution >= 0.6 is 11.8 Å². The van der Waals surface area contributed by atoms with E-state index in [1.807, 2.05) is 6.07 Å². The monoisotopic (exact) mass is 320 g/mol. The van der Waals surface area contributed by atoms with Crippen LogP contribution in [0, 0.1) is 0 Å². The first kappa shape index (κ1) is 15.9. The Morgan fingerprint density at radius 2 is 2.18 bits per heavy atom. The third-order valence-electron chi connectivity index (χ3n) is 2.76. The van der Waals surface area contributed by atoms with Crippen LogP contribution in [-0.2, 0) is 4.79 Å². The van der Waals surface area contributed by atoms with E-state index in [0.717, 1.165) is 11.8 Å². The number of anilines is 2. The van der Waals surface area contributed by atoms with E-state index < -0.39 is 5.25 Å². The lowest BCUT2D eigenvalue weighted by Gasteiger charge is -2.13. The molecule has 7 nitrogen and oxygen atoms in total. The summed E-state index contributed by atoms with van der Waals surface area (Å²) in [6, 6.07) is 8.30. The summed E-state index contributed by atoms with van der Waals surface area (Å²) in [5, 5.41) is 2.60. The molecule has 0 aliphatic heterocycles. The van der Waals surface area contributed by atoms with E-state index in [2.05, 4.69) is 15.3 Å². The normalized spacial score (nSPS) is 11.7. The van der Waals surface area contributed by atoms with Gasteiger partial charge < -0.3 is 20.8 Å². The van der Waals surface area contributed by atoms with Gasteiger partial charge in [0.2, 0.25) is 5.91 Å². The third kappa shape index (κ3) is 4.01. The lowest BCUT2D eigenvalue weighted by Crippen LogP contribution is -2.23. The van der Waals surface area contributed by atoms with Crippen molar-refractivity contribution in [2.24, 2.45) is 0 Å². The first-order valence-electron chi connectivity index (χ1n) is 6.47. The predicted octanol–water partition coefficient (Wildman–Crippen LogP) is 1.48. The molecule has 0 saturated carbocycles. The second-order valence-corrected chi connectivity index (χ2v) is 5.75. The summed E-state index contributed by atoms with van der Waals surface area (Å²) in [7, 11) is 1.53. The van der Waals surface area contributed by atoms with Crippen molar-refractivity contribution in [1.29, 1.82) is 0 Å². The van der Waals surface area contributed by atoms with Gasteiger partial charge in [0.15, 0.2) is 5.16 Å². The van der Waals surface area contributed by atoms with Crippen molar-refractivity contribution in [2.75, 3.05) is 18.2 Å². The Morgan fingerprint density at radius 1 is 1.45 bits per heavy atom. The number of benzene rings is 1. The Hall–Kier alpha value is -2.48. The molecule has 0 aliphatic rings. The van der Waals surface area contributed by atoms with E-state index >= 15 is 0 Å². The smallest absolute Gasteiger partial charge is 0.253 e. The van der Waals surface area contributed by atoms with Crippen LogP contribution < -0.4 is 21.3 Å². The summed E-state index contributed by atoms with van der Waals surface area (Å²) >= 11 is 1.11. The highest BCUT2D eigenvalue weighted by Crippen LogP contribution is 2.25. The van der Waals surface area contributed by atoms with Crippen molar-refractivity contribution < 1.29 is 9.53 Å². The third-order valence-corrected chi connectivity index (χ3v) is 3.75. The summed E-state index contributed by atoms with van der Waals surface area (Å²) in [5.74, 6) is 0.451. The average Bonchev–Trinajstić information content (AvgIpc) is 2.46. The highest BCUT2D eigenvalue weighted by atomic mass is 32.2. The number of aromatic nitrogens is 2. The van der Waals surface area contributed by atoms with Crippen LogP contribution in [0.2, 0.25) is 0 Å². The van der Waals surface area contributed by atoms with Crippen molar-refractivity contribution >= 4 is 29.2 Å². The van der Waals surface area contributed by atoms with E-state index in [9.17, 15) is 9.59 Å². The van der Waals surface area contributed by atoms with Gasteiger partial charge in [-0.3, -0.25) is 9.59 Å². The molecule has 2 rings (SSSR count). The number of carbonyl (C=O) groups is 1. The number of aromatic amines is 1. The number of carbonyl (C=O) groups excluding carboxylic acids is 1. The molecule has 1 aromatic heterocycles. The molecule has 1 aromatic carbocycles. The van der Waals surface area contributed by atoms with Gasteiger partial charge in [-0.2, -0.15) is 0 Å². The zero-order chi connectivity index (χ0) is 16.1. The van der Waals surface area contributed by atoms with Crippen LogP contribution in [-0.4, -0.2) is 28.2 Å². The molecule has 1 atom stereocenters. The number of para-hydroxylation sites is 2. The Morgan fingerprint density at radius 3 is 2.86 bits per heavy atom. The number of rotatable bonds is 5. The molecule has 4 N–H and O–H groups in total. The van der Waals surface area contributed by atoms with E-state index in [1.54, 1.807) is 25.1 Å². The zero-order valence-corrected chi connectivity index (χ0v) is 12.9. The number of nitrogens with one attached hydrogen (secondary N) is 2. The summed E-state index contributed by atoms with van der Waals surface area (Å²) < 4.78 is 5.18. The first-order chi connectivity index (χ1) is 10.5. The maximum Gasteiger partial charge on any atom is 0.253 e. The van der Waals surface area contributed by atoms with Gasteiger partial charge in [0, 0.05) is 6.07 Å². The number of amides is 1. The summed E-state index contributed by atoms with van der Waals surface area (Å²) in [5.41, 5.74) is 5.74. The Bertz CT molecular complexity index is 732. The molecular formula is C14H16N4O3S. The number of hydrogen-bond donors (Lipinski definition) is 3. The minimum absolute atomic E-state index is 0.114. The number of methoxy groups -OCH3 is 1. The Kier molecular flexibility index (Phi) is 5.05. The fourth-order valence-electron chi connectivity index (χ4n) is 1.71. The molecule has 0 aliphatic carbocycles. The molecule has 1 heterocycles. The number of nitrogens with zero attached hydrogens (tertiary/aromatic N) is 1.